The smallest absolute Gasteiger partial charge is 0.244 e. The molecule has 110 valence electrons. The van der Waals surface area contributed by atoms with Crippen LogP contribution in [0.3, 0.4) is 0 Å². The molecule has 1 atom stereocenters. The summed E-state index contributed by atoms with van der Waals surface area (Å²) < 4.78 is 26.4. The Morgan fingerprint density at radius 3 is 2.70 bits per heavy atom. The largest absolute Gasteiger partial charge is 0.369 e. The van der Waals surface area contributed by atoms with E-state index in [0.29, 0.717) is 19.4 Å². The highest BCUT2D eigenvalue weighted by Crippen LogP contribution is 2.30. The lowest BCUT2D eigenvalue weighted by atomic mass is 9.99. The minimum Gasteiger partial charge on any atom is -0.369 e. The van der Waals surface area contributed by atoms with Crippen LogP contribution in [0.25, 0.3) is 0 Å². The average Bonchev–Trinajstić information content (AvgIpc) is 2.41. The third kappa shape index (κ3) is 3.09. The number of primary amides is 1. The molecule has 1 aliphatic heterocycles. The first kappa shape index (κ1) is 15.6. The van der Waals surface area contributed by atoms with Crippen LogP contribution in [0.1, 0.15) is 12.8 Å². The third-order valence-electron chi connectivity index (χ3n) is 3.30. The molecule has 0 spiro atoms. The van der Waals surface area contributed by atoms with Crippen molar-refractivity contribution in [2.75, 3.05) is 13.1 Å². The number of amides is 1. The number of carbonyl (C=O) groups is 1. The highest BCUT2D eigenvalue weighted by atomic mass is 35.5. The fourth-order valence-corrected chi connectivity index (χ4v) is 4.47. The van der Waals surface area contributed by atoms with Gasteiger partial charge in [0.05, 0.1) is 10.9 Å². The lowest BCUT2D eigenvalue weighted by Gasteiger charge is -2.30. The number of hydrogen-bond acceptors (Lipinski definition) is 3. The van der Waals surface area contributed by atoms with E-state index in [0.717, 1.165) is 0 Å². The van der Waals surface area contributed by atoms with E-state index in [1.165, 1.54) is 22.5 Å². The van der Waals surface area contributed by atoms with Gasteiger partial charge in [-0.05, 0) is 31.0 Å². The Hall–Kier alpha value is -0.820. The number of hydrogen-bond donors (Lipinski definition) is 1. The van der Waals surface area contributed by atoms with Crippen molar-refractivity contribution in [3.8, 4) is 0 Å². The van der Waals surface area contributed by atoms with Crippen LogP contribution >= 0.6 is 23.2 Å². The summed E-state index contributed by atoms with van der Waals surface area (Å²) in [5.41, 5.74) is 5.26. The normalized spacial score (nSPS) is 20.8. The van der Waals surface area contributed by atoms with Gasteiger partial charge in [0.25, 0.3) is 0 Å². The molecule has 1 saturated heterocycles. The molecule has 0 aliphatic carbocycles. The zero-order chi connectivity index (χ0) is 14.9. The van der Waals surface area contributed by atoms with Crippen molar-refractivity contribution in [3.63, 3.8) is 0 Å². The fourth-order valence-electron chi connectivity index (χ4n) is 2.21. The van der Waals surface area contributed by atoms with Crippen molar-refractivity contribution in [1.29, 1.82) is 0 Å². The van der Waals surface area contributed by atoms with E-state index in [9.17, 15) is 13.2 Å². The molecular formula is C12H14Cl2N2O3S. The zero-order valence-corrected chi connectivity index (χ0v) is 12.9. The maximum atomic E-state index is 12.6. The van der Waals surface area contributed by atoms with Crippen molar-refractivity contribution in [2.24, 2.45) is 11.7 Å². The molecule has 1 aromatic rings. The number of benzene rings is 1. The lowest BCUT2D eigenvalue weighted by molar-refractivity contribution is -0.122. The Morgan fingerprint density at radius 1 is 1.35 bits per heavy atom. The summed E-state index contributed by atoms with van der Waals surface area (Å²) in [6, 6.07) is 4.27. The first-order valence-electron chi connectivity index (χ1n) is 6.07. The van der Waals surface area contributed by atoms with Gasteiger partial charge in [0.1, 0.15) is 4.90 Å². The first-order valence-corrected chi connectivity index (χ1v) is 8.26. The Morgan fingerprint density at radius 2 is 2.05 bits per heavy atom. The van der Waals surface area contributed by atoms with Gasteiger partial charge in [0, 0.05) is 18.1 Å². The maximum absolute atomic E-state index is 12.6. The predicted molar refractivity (Wildman–Crippen MR) is 77.1 cm³/mol. The molecule has 0 bridgehead atoms. The van der Waals surface area contributed by atoms with Crippen LogP contribution in [-0.4, -0.2) is 31.7 Å². The second-order valence-corrected chi connectivity index (χ2v) is 7.43. The van der Waals surface area contributed by atoms with Crippen LogP contribution in [0.4, 0.5) is 0 Å². The molecule has 2 rings (SSSR count). The molecule has 2 N–H and O–H groups in total. The second-order valence-electron chi connectivity index (χ2n) is 4.68. The molecule has 20 heavy (non-hydrogen) atoms. The summed E-state index contributed by atoms with van der Waals surface area (Å²) in [5.74, 6) is -0.946. The van der Waals surface area contributed by atoms with E-state index in [4.69, 9.17) is 28.9 Å². The first-order chi connectivity index (χ1) is 9.32. The highest BCUT2D eigenvalue weighted by molar-refractivity contribution is 7.89. The van der Waals surface area contributed by atoms with Gasteiger partial charge in [0.15, 0.2) is 0 Å². The lowest BCUT2D eigenvalue weighted by Crippen LogP contribution is -2.44. The Kier molecular flexibility index (Phi) is 4.59. The monoisotopic (exact) mass is 336 g/mol. The number of nitrogens with two attached hydrogens (primary N) is 1. The minimum absolute atomic E-state index is 0.0446. The molecule has 0 saturated carbocycles. The maximum Gasteiger partial charge on any atom is 0.244 e. The van der Waals surface area contributed by atoms with Crippen molar-refractivity contribution >= 4 is 39.1 Å². The van der Waals surface area contributed by atoms with Crippen LogP contribution in [-0.2, 0) is 14.8 Å². The standard InChI is InChI=1S/C12H14Cl2N2O3S/c13-9-3-4-10(14)11(6-9)20(18,19)16-5-1-2-8(7-16)12(15)17/h3-4,6,8H,1-2,5,7H2,(H2,15,17). The number of nitrogens with zero attached hydrogens (tertiary/aromatic N) is 1. The number of carbonyl (C=O) groups excluding carboxylic acids is 1. The van der Waals surface area contributed by atoms with Crippen LogP contribution in [0, 0.1) is 5.92 Å². The summed E-state index contributed by atoms with van der Waals surface area (Å²) in [7, 11) is -3.77. The van der Waals surface area contributed by atoms with E-state index in [-0.39, 0.29) is 21.5 Å². The summed E-state index contributed by atoms with van der Waals surface area (Å²) in [5, 5.41) is 0.395. The van der Waals surface area contributed by atoms with Crippen molar-refractivity contribution in [2.45, 2.75) is 17.7 Å². The van der Waals surface area contributed by atoms with Gasteiger partial charge in [-0.2, -0.15) is 4.31 Å². The van der Waals surface area contributed by atoms with Gasteiger partial charge in [-0.15, -0.1) is 0 Å². The molecule has 0 aromatic heterocycles. The quantitative estimate of drug-likeness (QED) is 0.914. The van der Waals surface area contributed by atoms with E-state index in [2.05, 4.69) is 0 Å². The summed E-state index contributed by atoms with van der Waals surface area (Å²) in [6.07, 6.45) is 1.19. The predicted octanol–water partition coefficient (Wildman–Crippen LogP) is 1.88. The molecule has 1 fully saturated rings. The van der Waals surface area contributed by atoms with Gasteiger partial charge in [-0.25, -0.2) is 8.42 Å². The van der Waals surface area contributed by atoms with E-state index < -0.39 is 21.8 Å². The molecule has 1 aliphatic rings. The van der Waals surface area contributed by atoms with Crippen LogP contribution in [0.15, 0.2) is 23.1 Å². The zero-order valence-electron chi connectivity index (χ0n) is 10.6. The molecule has 0 radical (unpaired) electrons. The Labute approximate surface area is 127 Å². The second kappa shape index (κ2) is 5.89. The van der Waals surface area contributed by atoms with Gasteiger partial charge in [-0.1, -0.05) is 23.2 Å². The molecule has 1 unspecified atom stereocenters. The van der Waals surface area contributed by atoms with Crippen molar-refractivity contribution in [1.82, 2.24) is 4.31 Å². The minimum atomic E-state index is -3.77. The Bertz CT molecular complexity index is 634. The molecule has 1 heterocycles. The van der Waals surface area contributed by atoms with Crippen molar-refractivity contribution in [3.05, 3.63) is 28.2 Å². The molecule has 1 aromatic carbocycles. The van der Waals surface area contributed by atoms with Crippen LogP contribution < -0.4 is 5.73 Å². The summed E-state index contributed by atoms with van der Waals surface area (Å²) in [6.45, 7) is 0.426. The summed E-state index contributed by atoms with van der Waals surface area (Å²) in [4.78, 5) is 11.2. The van der Waals surface area contributed by atoms with Crippen molar-refractivity contribution < 1.29 is 13.2 Å². The van der Waals surface area contributed by atoms with E-state index >= 15 is 0 Å². The molecule has 5 nitrogen and oxygen atoms in total. The highest BCUT2D eigenvalue weighted by Gasteiger charge is 2.33. The fraction of sp³-hybridized carbons (Fsp3) is 0.417. The number of halogens is 2. The van der Waals surface area contributed by atoms with Gasteiger partial charge in [0.2, 0.25) is 15.9 Å². The molecule has 8 heteroatoms. The Balaban J connectivity index is 2.35. The SMILES string of the molecule is NC(=O)C1CCCN(S(=O)(=O)c2cc(Cl)ccc2Cl)C1. The van der Waals surface area contributed by atoms with Crippen LogP contribution in [0.2, 0.25) is 10.0 Å². The van der Waals surface area contributed by atoms with E-state index in [1.54, 1.807) is 0 Å². The van der Waals surface area contributed by atoms with Crippen LogP contribution in [0.5, 0.6) is 0 Å². The number of rotatable bonds is 3. The topological polar surface area (TPSA) is 80.5 Å². The van der Waals surface area contributed by atoms with Gasteiger partial charge in [-0.3, -0.25) is 4.79 Å². The molecular weight excluding hydrogens is 323 g/mol. The molecule has 1 amide bonds. The third-order valence-corrected chi connectivity index (χ3v) is 5.88. The summed E-state index contributed by atoms with van der Waals surface area (Å²) >= 11 is 11.8. The average molecular weight is 337 g/mol. The van der Waals surface area contributed by atoms with Gasteiger partial charge >= 0.3 is 0 Å². The number of sulfonamides is 1. The van der Waals surface area contributed by atoms with E-state index in [1.807, 2.05) is 0 Å². The number of piperidine rings is 1. The van der Waals surface area contributed by atoms with Gasteiger partial charge < -0.3 is 5.73 Å².